The maximum Gasteiger partial charge on any atom is 0.223 e. The zero-order chi connectivity index (χ0) is 16.2. The van der Waals surface area contributed by atoms with Gasteiger partial charge in [0.05, 0.1) is 0 Å². The van der Waals surface area contributed by atoms with E-state index in [-0.39, 0.29) is 6.04 Å². The second-order valence-corrected chi connectivity index (χ2v) is 6.02. The van der Waals surface area contributed by atoms with Crippen LogP contribution in [-0.2, 0) is 6.54 Å². The van der Waals surface area contributed by atoms with Crippen LogP contribution in [0.5, 0.6) is 0 Å². The number of nitrogens with zero attached hydrogens (tertiary/aromatic N) is 3. The SMILES string of the molecule is Cc1ccnc(NC2CCCN(Cc3cc(F)cc(F)c3)C2)n1. The molecule has 23 heavy (non-hydrogen) atoms. The van der Waals surface area contributed by atoms with Gasteiger partial charge in [-0.25, -0.2) is 18.7 Å². The average molecular weight is 318 g/mol. The Balaban J connectivity index is 1.61. The predicted molar refractivity (Wildman–Crippen MR) is 85.0 cm³/mol. The molecule has 0 saturated carbocycles. The molecule has 1 unspecified atom stereocenters. The molecular formula is C17H20F2N4. The summed E-state index contributed by atoms with van der Waals surface area (Å²) in [5.74, 6) is -0.423. The van der Waals surface area contributed by atoms with E-state index in [0.29, 0.717) is 18.1 Å². The Morgan fingerprint density at radius 1 is 1.26 bits per heavy atom. The van der Waals surface area contributed by atoms with Crippen LogP contribution in [0.25, 0.3) is 0 Å². The number of nitrogens with one attached hydrogen (secondary N) is 1. The summed E-state index contributed by atoms with van der Waals surface area (Å²) in [6.07, 6.45) is 3.80. The first-order chi connectivity index (χ1) is 11.1. The monoisotopic (exact) mass is 318 g/mol. The summed E-state index contributed by atoms with van der Waals surface area (Å²) in [7, 11) is 0. The molecule has 0 amide bonds. The molecule has 1 aromatic heterocycles. The fraction of sp³-hybridized carbons (Fsp3) is 0.412. The molecule has 1 saturated heterocycles. The van der Waals surface area contributed by atoms with Crippen molar-refractivity contribution in [3.05, 3.63) is 53.4 Å². The van der Waals surface area contributed by atoms with Gasteiger partial charge in [-0.15, -0.1) is 0 Å². The highest BCUT2D eigenvalue weighted by molar-refractivity contribution is 5.27. The molecule has 2 aromatic rings. The number of hydrogen-bond donors (Lipinski definition) is 1. The number of piperidine rings is 1. The minimum absolute atomic E-state index is 0.240. The van der Waals surface area contributed by atoms with Gasteiger partial charge in [-0.05, 0) is 50.1 Å². The third kappa shape index (κ3) is 4.45. The molecular weight excluding hydrogens is 298 g/mol. The predicted octanol–water partition coefficient (Wildman–Crippen LogP) is 3.14. The molecule has 1 aliphatic heterocycles. The fourth-order valence-electron chi connectivity index (χ4n) is 2.98. The summed E-state index contributed by atoms with van der Waals surface area (Å²) < 4.78 is 26.6. The highest BCUT2D eigenvalue weighted by atomic mass is 19.1. The summed E-state index contributed by atoms with van der Waals surface area (Å²) in [5.41, 5.74) is 1.58. The Labute approximate surface area is 134 Å². The van der Waals surface area contributed by atoms with Crippen molar-refractivity contribution in [2.24, 2.45) is 0 Å². The molecule has 1 fully saturated rings. The van der Waals surface area contributed by atoms with Gasteiger partial charge in [-0.3, -0.25) is 4.90 Å². The summed E-state index contributed by atoms with van der Waals surface area (Å²) in [4.78, 5) is 10.8. The summed E-state index contributed by atoms with van der Waals surface area (Å²) in [5, 5.41) is 3.35. The van der Waals surface area contributed by atoms with Gasteiger partial charge in [-0.1, -0.05) is 0 Å². The minimum atomic E-state index is -0.528. The van der Waals surface area contributed by atoms with Crippen LogP contribution in [0, 0.1) is 18.6 Å². The number of anilines is 1. The van der Waals surface area contributed by atoms with Crippen molar-refractivity contribution in [1.29, 1.82) is 0 Å². The van der Waals surface area contributed by atoms with E-state index in [1.54, 1.807) is 6.20 Å². The van der Waals surface area contributed by atoms with Gasteiger partial charge in [-0.2, -0.15) is 0 Å². The lowest BCUT2D eigenvalue weighted by atomic mass is 10.0. The van der Waals surface area contributed by atoms with E-state index in [0.717, 1.165) is 37.7 Å². The van der Waals surface area contributed by atoms with Crippen molar-refractivity contribution in [3.63, 3.8) is 0 Å². The van der Waals surface area contributed by atoms with Gasteiger partial charge in [0, 0.05) is 37.1 Å². The van der Waals surface area contributed by atoms with Crippen molar-refractivity contribution < 1.29 is 8.78 Å². The highest BCUT2D eigenvalue weighted by Crippen LogP contribution is 2.17. The van der Waals surface area contributed by atoms with Crippen molar-refractivity contribution in [3.8, 4) is 0 Å². The molecule has 0 aliphatic carbocycles. The fourth-order valence-corrected chi connectivity index (χ4v) is 2.98. The highest BCUT2D eigenvalue weighted by Gasteiger charge is 2.20. The number of likely N-dealkylation sites (tertiary alicyclic amines) is 1. The van der Waals surface area contributed by atoms with E-state index in [1.807, 2.05) is 13.0 Å². The first-order valence-corrected chi connectivity index (χ1v) is 7.82. The van der Waals surface area contributed by atoms with Crippen LogP contribution in [0.4, 0.5) is 14.7 Å². The molecule has 0 bridgehead atoms. The van der Waals surface area contributed by atoms with Crippen molar-refractivity contribution in [2.75, 3.05) is 18.4 Å². The van der Waals surface area contributed by atoms with Gasteiger partial charge >= 0.3 is 0 Å². The molecule has 1 aliphatic rings. The van der Waals surface area contributed by atoms with Crippen molar-refractivity contribution in [1.82, 2.24) is 14.9 Å². The van der Waals surface area contributed by atoms with E-state index in [4.69, 9.17) is 0 Å². The van der Waals surface area contributed by atoms with Crippen LogP contribution in [-0.4, -0.2) is 34.0 Å². The van der Waals surface area contributed by atoms with Crippen LogP contribution in [0.3, 0.4) is 0 Å². The number of aryl methyl sites for hydroxylation is 1. The Morgan fingerprint density at radius 3 is 2.78 bits per heavy atom. The van der Waals surface area contributed by atoms with Crippen LogP contribution in [0.2, 0.25) is 0 Å². The Hall–Kier alpha value is -2.08. The first-order valence-electron chi connectivity index (χ1n) is 7.82. The number of rotatable bonds is 4. The lowest BCUT2D eigenvalue weighted by Gasteiger charge is -2.33. The number of halogens is 2. The van der Waals surface area contributed by atoms with E-state index in [2.05, 4.69) is 20.2 Å². The van der Waals surface area contributed by atoms with E-state index in [9.17, 15) is 8.78 Å². The van der Waals surface area contributed by atoms with Crippen molar-refractivity contribution in [2.45, 2.75) is 32.4 Å². The Morgan fingerprint density at radius 2 is 2.04 bits per heavy atom. The van der Waals surface area contributed by atoms with E-state index in [1.165, 1.54) is 12.1 Å². The summed E-state index contributed by atoms with van der Waals surface area (Å²) >= 11 is 0. The first kappa shape index (κ1) is 15.8. The van der Waals surface area contributed by atoms with Gasteiger partial charge in [0.2, 0.25) is 5.95 Å². The quantitative estimate of drug-likeness (QED) is 0.940. The van der Waals surface area contributed by atoms with E-state index >= 15 is 0 Å². The third-order valence-corrected chi connectivity index (χ3v) is 3.96. The molecule has 122 valence electrons. The van der Waals surface area contributed by atoms with Crippen LogP contribution in [0.15, 0.2) is 30.5 Å². The Bertz CT molecular complexity index is 657. The molecule has 1 atom stereocenters. The average Bonchev–Trinajstić information content (AvgIpc) is 2.46. The second-order valence-electron chi connectivity index (χ2n) is 6.02. The Kier molecular flexibility index (Phi) is 4.81. The number of aromatic nitrogens is 2. The topological polar surface area (TPSA) is 41.1 Å². The van der Waals surface area contributed by atoms with Crippen LogP contribution in [0.1, 0.15) is 24.1 Å². The molecule has 0 spiro atoms. The summed E-state index contributed by atoms with van der Waals surface area (Å²) in [6.45, 7) is 4.19. The number of hydrogen-bond acceptors (Lipinski definition) is 4. The molecule has 3 rings (SSSR count). The lowest BCUT2D eigenvalue weighted by molar-refractivity contribution is 0.208. The lowest BCUT2D eigenvalue weighted by Crippen LogP contribution is -2.41. The zero-order valence-electron chi connectivity index (χ0n) is 13.1. The second kappa shape index (κ2) is 7.00. The normalized spacial score (nSPS) is 18.8. The zero-order valence-corrected chi connectivity index (χ0v) is 13.1. The molecule has 2 heterocycles. The van der Waals surface area contributed by atoms with Crippen molar-refractivity contribution >= 4 is 5.95 Å². The largest absolute Gasteiger partial charge is 0.350 e. The van der Waals surface area contributed by atoms with Gasteiger partial charge < -0.3 is 5.32 Å². The smallest absolute Gasteiger partial charge is 0.223 e. The molecule has 0 radical (unpaired) electrons. The summed E-state index contributed by atoms with van der Waals surface area (Å²) in [6, 6.07) is 5.78. The molecule has 6 heteroatoms. The minimum Gasteiger partial charge on any atom is -0.350 e. The molecule has 1 N–H and O–H groups in total. The third-order valence-electron chi connectivity index (χ3n) is 3.96. The van der Waals surface area contributed by atoms with Crippen LogP contribution < -0.4 is 5.32 Å². The number of benzene rings is 1. The maximum atomic E-state index is 13.3. The standard InChI is InChI=1S/C17H20F2N4/c1-12-4-5-20-17(21-12)22-16-3-2-6-23(11-16)10-13-7-14(18)9-15(19)8-13/h4-5,7-9,16H,2-3,6,10-11H2,1H3,(H,20,21,22). The molecule has 4 nitrogen and oxygen atoms in total. The van der Waals surface area contributed by atoms with E-state index < -0.39 is 11.6 Å². The maximum absolute atomic E-state index is 13.3. The van der Waals surface area contributed by atoms with Gasteiger partial charge in [0.1, 0.15) is 11.6 Å². The van der Waals surface area contributed by atoms with Gasteiger partial charge in [0.25, 0.3) is 0 Å². The molecule has 1 aromatic carbocycles. The van der Waals surface area contributed by atoms with Gasteiger partial charge in [0.15, 0.2) is 0 Å². The van der Waals surface area contributed by atoms with Crippen LogP contribution >= 0.6 is 0 Å².